The topological polar surface area (TPSA) is 227 Å². The van der Waals surface area contributed by atoms with Crippen molar-refractivity contribution in [2.45, 2.75) is 0 Å². The van der Waals surface area contributed by atoms with Crippen LogP contribution >= 0.6 is 15.9 Å². The van der Waals surface area contributed by atoms with Crippen molar-refractivity contribution >= 4 is 66.1 Å². The van der Waals surface area contributed by atoms with E-state index in [9.17, 15) is 28.8 Å². The highest BCUT2D eigenvalue weighted by Gasteiger charge is 2.12. The number of halogens is 1. The van der Waals surface area contributed by atoms with Gasteiger partial charge in [-0.05, 0) is 144 Å². The number of H-pyrrole nitrogens is 1. The molecular weight excluding hydrogens is 993 g/mol. The largest absolute Gasteiger partial charge is 0.497 e. The summed E-state index contributed by atoms with van der Waals surface area (Å²) in [6.45, 7) is 0. The van der Waals surface area contributed by atoms with E-state index >= 15 is 0 Å². The lowest BCUT2D eigenvalue weighted by atomic mass is 10.1. The van der Waals surface area contributed by atoms with Crippen LogP contribution in [0.1, 0.15) is 31.1 Å². The van der Waals surface area contributed by atoms with Gasteiger partial charge in [-0.25, -0.2) is 15.1 Å². The highest BCUT2D eigenvalue weighted by atomic mass is 79.9. The lowest BCUT2D eigenvalue weighted by Crippen LogP contribution is -2.20. The Kier molecular flexibility index (Phi) is 19.7. The zero-order chi connectivity index (χ0) is 52.3. The molecule has 0 spiro atoms. The molecule has 0 aliphatic heterocycles. The number of methoxy groups -OCH3 is 5. The number of pyridine rings is 3. The van der Waals surface area contributed by atoms with Crippen molar-refractivity contribution in [2.75, 3.05) is 42.7 Å². The number of aliphatic hydroxyl groups is 1. The minimum atomic E-state index is -0.661. The van der Waals surface area contributed by atoms with Crippen molar-refractivity contribution in [2.24, 2.45) is 0 Å². The molecule has 0 saturated carbocycles. The van der Waals surface area contributed by atoms with Crippen LogP contribution in [0.5, 0.6) is 17.2 Å². The molecule has 0 unspecified atom stereocenters. The number of benzene rings is 6. The van der Waals surface area contributed by atoms with Crippen molar-refractivity contribution in [1.82, 2.24) is 19.6 Å². The number of fused-ring (bicyclic) bond motifs is 3. The third-order valence-corrected chi connectivity index (χ3v) is 11.1. The predicted molar refractivity (Wildman–Crippen MR) is 278 cm³/mol. The summed E-state index contributed by atoms with van der Waals surface area (Å²) in [5, 5.41) is 19.3. The molecule has 9 rings (SSSR count). The summed E-state index contributed by atoms with van der Waals surface area (Å²) in [6.07, 6.45) is 4.96. The first-order chi connectivity index (χ1) is 34.8. The van der Waals surface area contributed by atoms with Gasteiger partial charge in [0.25, 0.3) is 22.6 Å². The Morgan fingerprint density at radius 1 is 0.500 bits per heavy atom. The van der Waals surface area contributed by atoms with Gasteiger partial charge in [-0.1, -0.05) is 34.1 Å². The van der Waals surface area contributed by atoms with Crippen molar-refractivity contribution in [1.29, 1.82) is 0 Å². The molecule has 0 aliphatic carbocycles. The molecular formula is C54H49BrN4O13. The summed E-state index contributed by atoms with van der Waals surface area (Å²) in [7, 11) is 8.44. The highest BCUT2D eigenvalue weighted by Crippen LogP contribution is 2.20. The number of aliphatic hydroxyl groups excluding tert-OH is 1. The first-order valence-corrected chi connectivity index (χ1v) is 22.2. The number of amides is 1. The maximum Gasteiger partial charge on any atom is 0.337 e. The second-order valence-electron chi connectivity index (χ2n) is 14.7. The molecule has 18 heteroatoms. The van der Waals surface area contributed by atoms with Crippen LogP contribution in [0.2, 0.25) is 0 Å². The molecule has 0 aliphatic rings. The molecule has 4 N–H and O–H groups in total. The van der Waals surface area contributed by atoms with Gasteiger partial charge in [-0.2, -0.15) is 0 Å². The van der Waals surface area contributed by atoms with Crippen LogP contribution in [0.3, 0.4) is 0 Å². The third kappa shape index (κ3) is 13.5. The monoisotopic (exact) mass is 1040 g/mol. The van der Waals surface area contributed by atoms with Gasteiger partial charge in [0.15, 0.2) is 0 Å². The molecule has 0 saturated heterocycles. The summed E-state index contributed by atoms with van der Waals surface area (Å²) in [6, 6.07) is 41.9. The van der Waals surface area contributed by atoms with E-state index in [1.54, 1.807) is 149 Å². The first-order valence-electron chi connectivity index (χ1n) is 21.4. The standard InChI is InChI=1S/C18H15NO4.C17H14N2O4.C11H9NO3.C7H7BrO.CH4O/c1-22-15-7-5-14(6-8-15)19-10-9-12-3-4-13(18(21)23-2)11-16(12)17(19)20;1-23-14-6-4-13(5-7-14)19-9-8-11-2-3-12(16(20)18-22)10-15(11)17(19)21;1-15-11(14)8-3-2-7-4-5-12-10(13)9(7)6-8;1-9-7-4-2-6(8)3-5-7;1-2/h3-11H,1-2H3;2-10,22H,1H3,(H,18,20);2-6H,1H3,(H,12,13);2-5H,1H3;2H,1H3. The van der Waals surface area contributed by atoms with Crippen LogP contribution < -0.4 is 36.4 Å². The Morgan fingerprint density at radius 2 is 0.875 bits per heavy atom. The van der Waals surface area contributed by atoms with E-state index < -0.39 is 17.8 Å². The number of ether oxygens (including phenoxy) is 5. The summed E-state index contributed by atoms with van der Waals surface area (Å²) in [5.41, 5.74) is 3.26. The van der Waals surface area contributed by atoms with Gasteiger partial charge in [0.1, 0.15) is 17.2 Å². The average molecular weight is 1040 g/mol. The number of nitrogens with one attached hydrogen (secondary N) is 2. The number of carbonyl (C=O) groups is 3. The van der Waals surface area contributed by atoms with Crippen LogP contribution in [0.4, 0.5) is 0 Å². The van der Waals surface area contributed by atoms with Gasteiger partial charge in [-0.3, -0.25) is 33.5 Å². The third-order valence-electron chi connectivity index (χ3n) is 10.5. The zero-order valence-corrected chi connectivity index (χ0v) is 41.3. The van der Waals surface area contributed by atoms with Crippen molar-refractivity contribution in [3.63, 3.8) is 0 Å². The summed E-state index contributed by atoms with van der Waals surface area (Å²) < 4.78 is 28.5. The van der Waals surface area contributed by atoms with Crippen molar-refractivity contribution in [3.8, 4) is 28.6 Å². The van der Waals surface area contributed by atoms with E-state index in [-0.39, 0.29) is 22.2 Å². The van der Waals surface area contributed by atoms with Crippen molar-refractivity contribution < 1.29 is 48.4 Å². The second kappa shape index (κ2) is 26.2. The molecule has 72 heavy (non-hydrogen) atoms. The van der Waals surface area contributed by atoms with E-state index in [1.807, 2.05) is 30.3 Å². The molecule has 3 heterocycles. The van der Waals surface area contributed by atoms with E-state index in [2.05, 4.69) is 25.7 Å². The Balaban J connectivity index is 0.000000185. The van der Waals surface area contributed by atoms with E-state index in [0.717, 1.165) is 39.5 Å². The lowest BCUT2D eigenvalue weighted by Gasteiger charge is -2.09. The normalized spacial score (nSPS) is 10.1. The molecule has 17 nitrogen and oxygen atoms in total. The Bertz CT molecular complexity index is 3330. The van der Waals surface area contributed by atoms with Crippen LogP contribution in [-0.2, 0) is 9.47 Å². The molecule has 0 radical (unpaired) electrons. The van der Waals surface area contributed by atoms with Crippen LogP contribution in [0.15, 0.2) is 183 Å². The lowest BCUT2D eigenvalue weighted by molar-refractivity contribution is 0.0592. The number of esters is 2. The SMILES string of the molecule is CO.COC(=O)c1ccc2cc[nH]c(=O)c2c1.COC(=O)c1ccc2ccn(-c3ccc(OC)cc3)c(=O)c2c1.COc1ccc(-n2ccc3ccc(C(=O)NO)cc3c2=O)cc1.COc1ccc(Br)cc1. The smallest absolute Gasteiger partial charge is 0.337 e. The molecule has 9 aromatic rings. The molecule has 6 aromatic carbocycles. The molecule has 370 valence electrons. The highest BCUT2D eigenvalue weighted by molar-refractivity contribution is 9.10. The molecule has 1 amide bonds. The maximum atomic E-state index is 12.7. The van der Waals surface area contributed by atoms with Crippen molar-refractivity contribution in [3.05, 3.63) is 216 Å². The summed E-state index contributed by atoms with van der Waals surface area (Å²) in [5.74, 6) is 0.732. The number of hydrogen-bond acceptors (Lipinski definition) is 13. The van der Waals surface area contributed by atoms with Crippen LogP contribution in [0, 0.1) is 0 Å². The first kappa shape index (κ1) is 54.1. The van der Waals surface area contributed by atoms with Crippen LogP contribution in [0.25, 0.3) is 43.7 Å². The second-order valence-corrected chi connectivity index (χ2v) is 15.6. The number of rotatable bonds is 8. The molecule has 0 atom stereocenters. The predicted octanol–water partition coefficient (Wildman–Crippen LogP) is 8.29. The van der Waals surface area contributed by atoms with Gasteiger partial charge in [0.2, 0.25) is 0 Å². The average Bonchev–Trinajstić information content (AvgIpc) is 3.44. The Hall–Kier alpha value is -8.84. The summed E-state index contributed by atoms with van der Waals surface area (Å²) >= 11 is 3.32. The zero-order valence-electron chi connectivity index (χ0n) is 39.7. The number of hydrogen-bond donors (Lipinski definition) is 4. The van der Waals surface area contributed by atoms with Gasteiger partial charge in [0.05, 0.1) is 46.7 Å². The number of nitrogens with zero attached hydrogens (tertiary/aromatic N) is 2. The van der Waals surface area contributed by atoms with E-state index in [1.165, 1.54) is 35.5 Å². The molecule has 3 aromatic heterocycles. The Morgan fingerprint density at radius 3 is 1.28 bits per heavy atom. The van der Waals surface area contributed by atoms with Gasteiger partial charge >= 0.3 is 11.9 Å². The summed E-state index contributed by atoms with van der Waals surface area (Å²) in [4.78, 5) is 73.8. The quantitative estimate of drug-likeness (QED) is 0.0639. The maximum absolute atomic E-state index is 12.7. The fourth-order valence-electron chi connectivity index (χ4n) is 6.82. The number of carbonyl (C=O) groups excluding carboxylic acids is 3. The number of aromatic nitrogens is 3. The van der Waals surface area contributed by atoms with E-state index in [4.69, 9.17) is 29.3 Å². The van der Waals surface area contributed by atoms with Gasteiger partial charge in [-0.15, -0.1) is 0 Å². The minimum absolute atomic E-state index is 0.196. The molecule has 0 bridgehead atoms. The van der Waals surface area contributed by atoms with Gasteiger partial charge in [0, 0.05) is 63.3 Å². The van der Waals surface area contributed by atoms with Crippen LogP contribution in [-0.4, -0.2) is 84.9 Å². The van der Waals surface area contributed by atoms with Gasteiger partial charge < -0.3 is 33.8 Å². The fourth-order valence-corrected chi connectivity index (χ4v) is 7.08. The molecule has 0 fully saturated rings. The number of aromatic amines is 1. The Labute approximate surface area is 420 Å². The van der Waals surface area contributed by atoms with E-state index in [0.29, 0.717) is 44.1 Å². The fraction of sp³-hybridized carbons (Fsp3) is 0.111. The number of hydroxylamine groups is 1. The minimum Gasteiger partial charge on any atom is -0.497 e.